The number of fused-ring (bicyclic) bond motifs is 1. The van der Waals surface area contributed by atoms with E-state index in [0.717, 1.165) is 23.7 Å². The Morgan fingerprint density at radius 1 is 1.15 bits per heavy atom. The molecule has 2 aromatic rings. The van der Waals surface area contributed by atoms with Gasteiger partial charge >= 0.3 is 0 Å². The van der Waals surface area contributed by atoms with Crippen LogP contribution < -0.4 is 5.32 Å². The molecular formula is C17H18BrNO. The lowest BCUT2D eigenvalue weighted by atomic mass is 9.78. The molecule has 1 aliphatic carbocycles. The number of carbonyl (C=O) groups is 1. The molecule has 3 heteroatoms. The highest BCUT2D eigenvalue weighted by Gasteiger charge is 2.37. The van der Waals surface area contributed by atoms with E-state index in [4.69, 9.17) is 0 Å². The first-order chi connectivity index (χ1) is 9.72. The van der Waals surface area contributed by atoms with Gasteiger partial charge in [-0.1, -0.05) is 58.4 Å². The van der Waals surface area contributed by atoms with Crippen LogP contribution in [0.4, 0.5) is 0 Å². The van der Waals surface area contributed by atoms with Gasteiger partial charge in [-0.25, -0.2) is 0 Å². The second-order valence-corrected chi connectivity index (χ2v) is 6.19. The molecule has 1 amide bonds. The Morgan fingerprint density at radius 3 is 2.60 bits per heavy atom. The minimum absolute atomic E-state index is 0.00165. The number of amides is 1. The minimum atomic E-state index is 0.00165. The largest absolute Gasteiger partial charge is 0.350 e. The van der Waals surface area contributed by atoms with E-state index in [2.05, 4.69) is 39.4 Å². The molecule has 20 heavy (non-hydrogen) atoms. The third-order valence-electron chi connectivity index (χ3n) is 4.20. The van der Waals surface area contributed by atoms with Gasteiger partial charge in [0, 0.05) is 10.9 Å². The van der Waals surface area contributed by atoms with Crippen LogP contribution in [0.3, 0.4) is 0 Å². The molecule has 0 radical (unpaired) electrons. The molecule has 2 aromatic carbocycles. The Balaban J connectivity index is 1.77. The van der Waals surface area contributed by atoms with Crippen molar-refractivity contribution in [3.8, 4) is 0 Å². The molecule has 0 heterocycles. The van der Waals surface area contributed by atoms with Crippen LogP contribution in [0, 0.1) is 0 Å². The van der Waals surface area contributed by atoms with Crippen molar-refractivity contribution < 1.29 is 4.79 Å². The second-order valence-electron chi connectivity index (χ2n) is 5.63. The molecule has 0 spiro atoms. The summed E-state index contributed by atoms with van der Waals surface area (Å²) in [5, 5.41) is 6.42. The van der Waals surface area contributed by atoms with Crippen molar-refractivity contribution in [2.24, 2.45) is 0 Å². The molecule has 0 unspecified atom stereocenters. The second kappa shape index (κ2) is 5.57. The van der Waals surface area contributed by atoms with Crippen molar-refractivity contribution in [2.75, 3.05) is 5.33 Å². The fourth-order valence-electron chi connectivity index (χ4n) is 2.86. The van der Waals surface area contributed by atoms with Crippen LogP contribution in [0.25, 0.3) is 10.8 Å². The summed E-state index contributed by atoms with van der Waals surface area (Å²) in [7, 11) is 0. The summed E-state index contributed by atoms with van der Waals surface area (Å²) >= 11 is 3.52. The molecule has 1 saturated carbocycles. The van der Waals surface area contributed by atoms with E-state index in [1.807, 2.05) is 24.3 Å². The van der Waals surface area contributed by atoms with Crippen molar-refractivity contribution in [1.29, 1.82) is 0 Å². The average molecular weight is 332 g/mol. The summed E-state index contributed by atoms with van der Waals surface area (Å²) in [5.74, 6) is 0.125. The molecule has 1 aliphatic rings. The number of nitrogens with one attached hydrogen (secondary N) is 1. The van der Waals surface area contributed by atoms with E-state index in [-0.39, 0.29) is 11.4 Å². The summed E-state index contributed by atoms with van der Waals surface area (Å²) in [5.41, 5.74) is 1.10. The smallest absolute Gasteiger partial charge is 0.224 e. The predicted octanol–water partition coefficient (Wildman–Crippen LogP) is 3.82. The normalized spacial score (nSPS) is 16.6. The van der Waals surface area contributed by atoms with Crippen LogP contribution in [0.2, 0.25) is 0 Å². The topological polar surface area (TPSA) is 29.1 Å². The fraction of sp³-hybridized carbons (Fsp3) is 0.353. The van der Waals surface area contributed by atoms with Gasteiger partial charge in [-0.15, -0.1) is 0 Å². The molecular weight excluding hydrogens is 314 g/mol. The number of hydrogen-bond acceptors (Lipinski definition) is 1. The lowest BCUT2D eigenvalue weighted by molar-refractivity contribution is -0.123. The van der Waals surface area contributed by atoms with Crippen LogP contribution in [-0.2, 0) is 11.2 Å². The van der Waals surface area contributed by atoms with Gasteiger partial charge in [0.15, 0.2) is 0 Å². The lowest BCUT2D eigenvalue weighted by Gasteiger charge is -2.41. The standard InChI is InChI=1S/C17H18BrNO/c18-12-17(9-4-10-17)19-16(20)11-14-7-3-6-13-5-1-2-8-15(13)14/h1-3,5-8H,4,9-12H2,(H,19,20). The highest BCUT2D eigenvalue weighted by Crippen LogP contribution is 2.33. The van der Waals surface area contributed by atoms with Crippen molar-refractivity contribution in [1.82, 2.24) is 5.32 Å². The zero-order valence-electron chi connectivity index (χ0n) is 11.4. The molecule has 2 nitrogen and oxygen atoms in total. The number of halogens is 1. The number of alkyl halides is 1. The average Bonchev–Trinajstić information content (AvgIpc) is 2.43. The van der Waals surface area contributed by atoms with Gasteiger partial charge in [0.2, 0.25) is 5.91 Å². The van der Waals surface area contributed by atoms with Gasteiger partial charge in [-0.3, -0.25) is 4.79 Å². The van der Waals surface area contributed by atoms with E-state index in [9.17, 15) is 4.79 Å². The number of benzene rings is 2. The van der Waals surface area contributed by atoms with Crippen molar-refractivity contribution >= 4 is 32.6 Å². The van der Waals surface area contributed by atoms with Crippen LogP contribution in [0.1, 0.15) is 24.8 Å². The fourth-order valence-corrected chi connectivity index (χ4v) is 3.56. The maximum Gasteiger partial charge on any atom is 0.224 e. The molecule has 1 N–H and O–H groups in total. The third kappa shape index (κ3) is 2.59. The predicted molar refractivity (Wildman–Crippen MR) is 86.2 cm³/mol. The highest BCUT2D eigenvalue weighted by molar-refractivity contribution is 9.09. The Morgan fingerprint density at radius 2 is 1.90 bits per heavy atom. The molecule has 1 fully saturated rings. The van der Waals surface area contributed by atoms with Gasteiger partial charge in [0.05, 0.1) is 6.42 Å². The Hall–Kier alpha value is -1.35. The molecule has 0 atom stereocenters. The van der Waals surface area contributed by atoms with Gasteiger partial charge in [0.25, 0.3) is 0 Å². The zero-order valence-corrected chi connectivity index (χ0v) is 12.9. The molecule has 3 rings (SSSR count). The Labute approximate surface area is 127 Å². The van der Waals surface area contributed by atoms with Gasteiger partial charge < -0.3 is 5.32 Å². The van der Waals surface area contributed by atoms with Gasteiger partial charge in [-0.05, 0) is 35.6 Å². The summed E-state index contributed by atoms with van der Waals surface area (Å²) in [6.45, 7) is 0. The first-order valence-corrected chi connectivity index (χ1v) is 8.18. The highest BCUT2D eigenvalue weighted by atomic mass is 79.9. The van der Waals surface area contributed by atoms with Crippen LogP contribution in [-0.4, -0.2) is 16.8 Å². The van der Waals surface area contributed by atoms with E-state index >= 15 is 0 Å². The summed E-state index contributed by atoms with van der Waals surface area (Å²) < 4.78 is 0. The molecule has 0 bridgehead atoms. The summed E-state index contributed by atoms with van der Waals surface area (Å²) in [6.07, 6.45) is 3.83. The number of carbonyl (C=O) groups excluding carboxylic acids is 1. The number of hydrogen-bond donors (Lipinski definition) is 1. The van der Waals surface area contributed by atoms with Crippen molar-refractivity contribution in [2.45, 2.75) is 31.2 Å². The molecule has 0 saturated heterocycles. The lowest BCUT2D eigenvalue weighted by Crippen LogP contribution is -2.55. The van der Waals surface area contributed by atoms with Crippen LogP contribution in [0.15, 0.2) is 42.5 Å². The van der Waals surface area contributed by atoms with Gasteiger partial charge in [-0.2, -0.15) is 0 Å². The number of rotatable bonds is 4. The molecule has 0 aliphatic heterocycles. The molecule has 0 aromatic heterocycles. The first-order valence-electron chi connectivity index (χ1n) is 7.06. The minimum Gasteiger partial charge on any atom is -0.350 e. The van der Waals surface area contributed by atoms with E-state index in [1.165, 1.54) is 17.2 Å². The summed E-state index contributed by atoms with van der Waals surface area (Å²) in [4.78, 5) is 12.3. The van der Waals surface area contributed by atoms with Crippen LogP contribution >= 0.6 is 15.9 Å². The van der Waals surface area contributed by atoms with E-state index in [0.29, 0.717) is 6.42 Å². The van der Waals surface area contributed by atoms with Crippen molar-refractivity contribution in [3.05, 3.63) is 48.0 Å². The van der Waals surface area contributed by atoms with Crippen molar-refractivity contribution in [3.63, 3.8) is 0 Å². The zero-order chi connectivity index (χ0) is 14.0. The Kier molecular flexibility index (Phi) is 3.79. The third-order valence-corrected chi connectivity index (χ3v) is 5.28. The SMILES string of the molecule is O=C(Cc1cccc2ccccc12)NC1(CBr)CCC1. The maximum atomic E-state index is 12.3. The Bertz CT molecular complexity index is 623. The van der Waals surface area contributed by atoms with Crippen LogP contribution in [0.5, 0.6) is 0 Å². The van der Waals surface area contributed by atoms with E-state index in [1.54, 1.807) is 0 Å². The van der Waals surface area contributed by atoms with E-state index < -0.39 is 0 Å². The monoisotopic (exact) mass is 331 g/mol. The van der Waals surface area contributed by atoms with Gasteiger partial charge in [0.1, 0.15) is 0 Å². The first kappa shape index (κ1) is 13.6. The summed E-state index contributed by atoms with van der Waals surface area (Å²) in [6, 6.07) is 14.4. The molecule has 104 valence electrons. The quantitative estimate of drug-likeness (QED) is 0.848. The maximum absolute atomic E-state index is 12.3.